The first-order chi connectivity index (χ1) is 7.21. The van der Waals surface area contributed by atoms with Crippen molar-refractivity contribution in [2.24, 2.45) is 5.73 Å². The van der Waals surface area contributed by atoms with Crippen molar-refractivity contribution in [1.82, 2.24) is 0 Å². The maximum absolute atomic E-state index is 5.89. The Balaban J connectivity index is 2.83. The van der Waals surface area contributed by atoms with Crippen LogP contribution in [0, 0.1) is 0 Å². The van der Waals surface area contributed by atoms with Gasteiger partial charge in [0.2, 0.25) is 0 Å². The fraction of sp³-hybridized carbons (Fsp3) is 0.500. The minimum Gasteiger partial charge on any atom is -0.490 e. The van der Waals surface area contributed by atoms with Crippen LogP contribution in [0.1, 0.15) is 32.3 Å². The molecular weight excluding hydrogens is 254 g/mol. The Morgan fingerprint density at radius 1 is 1.33 bits per heavy atom. The molecule has 2 nitrogen and oxygen atoms in total. The molecule has 0 amide bonds. The summed E-state index contributed by atoms with van der Waals surface area (Å²) in [4.78, 5) is 0. The summed E-state index contributed by atoms with van der Waals surface area (Å²) in [5, 5.41) is 0. The predicted molar refractivity (Wildman–Crippen MR) is 67.0 cm³/mol. The molecule has 0 unspecified atom stereocenters. The molecule has 0 heterocycles. The first-order valence-electron chi connectivity index (χ1n) is 5.36. The summed E-state index contributed by atoms with van der Waals surface area (Å²) >= 11 is 3.43. The van der Waals surface area contributed by atoms with Crippen LogP contribution in [0.5, 0.6) is 5.75 Å². The number of hydrogen-bond acceptors (Lipinski definition) is 2. The van der Waals surface area contributed by atoms with Gasteiger partial charge in [-0.2, -0.15) is 0 Å². The summed E-state index contributed by atoms with van der Waals surface area (Å²) in [6, 6.07) is 5.97. The van der Waals surface area contributed by atoms with Gasteiger partial charge in [-0.1, -0.05) is 29.8 Å². The Bertz CT molecular complexity index is 310. The van der Waals surface area contributed by atoms with Crippen molar-refractivity contribution in [2.75, 3.05) is 0 Å². The monoisotopic (exact) mass is 271 g/mol. The van der Waals surface area contributed by atoms with E-state index in [4.69, 9.17) is 10.5 Å². The lowest BCUT2D eigenvalue weighted by atomic mass is 10.2. The zero-order valence-corrected chi connectivity index (χ0v) is 10.9. The summed E-state index contributed by atoms with van der Waals surface area (Å²) in [7, 11) is 0. The van der Waals surface area contributed by atoms with Crippen LogP contribution in [-0.4, -0.2) is 6.10 Å². The molecule has 0 saturated carbocycles. The Morgan fingerprint density at radius 2 is 2.00 bits per heavy atom. The first kappa shape index (κ1) is 12.5. The smallest absolute Gasteiger partial charge is 0.124 e. The maximum Gasteiger partial charge on any atom is 0.124 e. The normalized spacial score (nSPS) is 10.7. The number of halogens is 1. The maximum atomic E-state index is 5.89. The van der Waals surface area contributed by atoms with Gasteiger partial charge in [0.05, 0.1) is 6.10 Å². The second-order valence-electron chi connectivity index (χ2n) is 3.51. The van der Waals surface area contributed by atoms with Gasteiger partial charge in [-0.15, -0.1) is 0 Å². The van der Waals surface area contributed by atoms with Gasteiger partial charge in [-0.3, -0.25) is 0 Å². The Labute approximate surface area is 99.9 Å². The van der Waals surface area contributed by atoms with Crippen molar-refractivity contribution in [1.29, 1.82) is 0 Å². The van der Waals surface area contributed by atoms with E-state index in [2.05, 4.69) is 29.8 Å². The van der Waals surface area contributed by atoms with Gasteiger partial charge in [-0.05, 0) is 31.0 Å². The van der Waals surface area contributed by atoms with Crippen molar-refractivity contribution in [3.63, 3.8) is 0 Å². The van der Waals surface area contributed by atoms with E-state index in [1.165, 1.54) is 0 Å². The van der Waals surface area contributed by atoms with Crippen molar-refractivity contribution in [2.45, 2.75) is 39.3 Å². The molecule has 0 aliphatic carbocycles. The van der Waals surface area contributed by atoms with Crippen molar-refractivity contribution in [3.8, 4) is 5.75 Å². The van der Waals surface area contributed by atoms with E-state index >= 15 is 0 Å². The lowest BCUT2D eigenvalue weighted by Gasteiger charge is -2.18. The van der Waals surface area contributed by atoms with E-state index < -0.39 is 0 Å². The van der Waals surface area contributed by atoms with Crippen LogP contribution < -0.4 is 10.5 Å². The Hall–Kier alpha value is -0.540. The molecule has 3 heteroatoms. The highest BCUT2D eigenvalue weighted by molar-refractivity contribution is 9.10. The van der Waals surface area contributed by atoms with Crippen LogP contribution in [0.2, 0.25) is 0 Å². The van der Waals surface area contributed by atoms with Crippen LogP contribution in [-0.2, 0) is 6.54 Å². The number of ether oxygens (including phenoxy) is 1. The van der Waals surface area contributed by atoms with E-state index in [0.29, 0.717) is 6.54 Å². The van der Waals surface area contributed by atoms with E-state index in [-0.39, 0.29) is 6.10 Å². The molecule has 0 saturated heterocycles. The second-order valence-corrected chi connectivity index (χ2v) is 4.43. The Kier molecular flexibility index (Phi) is 5.12. The molecule has 1 aromatic carbocycles. The van der Waals surface area contributed by atoms with Crippen molar-refractivity contribution >= 4 is 15.9 Å². The lowest BCUT2D eigenvalue weighted by Crippen LogP contribution is -2.15. The third kappa shape index (κ3) is 3.50. The summed E-state index contributed by atoms with van der Waals surface area (Å²) < 4.78 is 6.93. The van der Waals surface area contributed by atoms with Crippen LogP contribution >= 0.6 is 15.9 Å². The van der Waals surface area contributed by atoms with Gasteiger partial charge in [0, 0.05) is 16.6 Å². The molecule has 0 fully saturated rings. The minimum absolute atomic E-state index is 0.288. The van der Waals surface area contributed by atoms with Crippen molar-refractivity contribution in [3.05, 3.63) is 28.2 Å². The van der Waals surface area contributed by atoms with Crippen LogP contribution in [0.3, 0.4) is 0 Å². The number of benzene rings is 1. The largest absolute Gasteiger partial charge is 0.490 e. The minimum atomic E-state index is 0.288. The van der Waals surface area contributed by atoms with E-state index in [1.807, 2.05) is 18.2 Å². The molecule has 0 aliphatic rings. The molecule has 0 aromatic heterocycles. The number of nitrogens with two attached hydrogens (primary N) is 1. The van der Waals surface area contributed by atoms with Gasteiger partial charge in [0.15, 0.2) is 0 Å². The van der Waals surface area contributed by atoms with Gasteiger partial charge in [-0.25, -0.2) is 0 Å². The fourth-order valence-electron chi connectivity index (χ4n) is 1.46. The average Bonchev–Trinajstić information content (AvgIpc) is 2.27. The zero-order valence-electron chi connectivity index (χ0n) is 9.29. The quantitative estimate of drug-likeness (QED) is 0.890. The fourth-order valence-corrected chi connectivity index (χ4v) is 1.87. The van der Waals surface area contributed by atoms with Gasteiger partial charge in [0.1, 0.15) is 5.75 Å². The predicted octanol–water partition coefficient (Wildman–Crippen LogP) is 3.48. The highest BCUT2D eigenvalue weighted by Gasteiger charge is 2.08. The Morgan fingerprint density at radius 3 is 2.53 bits per heavy atom. The summed E-state index contributed by atoms with van der Waals surface area (Å²) in [6.45, 7) is 4.78. The molecule has 0 spiro atoms. The molecule has 15 heavy (non-hydrogen) atoms. The SMILES string of the molecule is CCC(CC)Oc1ccc(Br)cc1CN. The molecule has 0 aliphatic heterocycles. The van der Waals surface area contributed by atoms with Crippen molar-refractivity contribution < 1.29 is 4.74 Å². The third-order valence-corrected chi connectivity index (χ3v) is 2.94. The molecule has 1 rings (SSSR count). The molecule has 0 bridgehead atoms. The van der Waals surface area contributed by atoms with Gasteiger partial charge >= 0.3 is 0 Å². The lowest BCUT2D eigenvalue weighted by molar-refractivity contribution is 0.191. The molecule has 0 atom stereocenters. The van der Waals surface area contributed by atoms with E-state index in [1.54, 1.807) is 0 Å². The third-order valence-electron chi connectivity index (χ3n) is 2.45. The van der Waals surface area contributed by atoms with E-state index in [9.17, 15) is 0 Å². The molecule has 1 aromatic rings. The second kappa shape index (κ2) is 6.13. The number of hydrogen-bond donors (Lipinski definition) is 1. The number of rotatable bonds is 5. The molecular formula is C12H18BrNO. The summed E-state index contributed by atoms with van der Waals surface area (Å²) in [6.07, 6.45) is 2.34. The highest BCUT2D eigenvalue weighted by atomic mass is 79.9. The molecule has 2 N–H and O–H groups in total. The van der Waals surface area contributed by atoms with Gasteiger partial charge in [0.25, 0.3) is 0 Å². The summed E-state index contributed by atoms with van der Waals surface area (Å²) in [5.74, 6) is 0.911. The zero-order chi connectivity index (χ0) is 11.3. The summed E-state index contributed by atoms with van der Waals surface area (Å²) in [5.41, 5.74) is 6.73. The molecule has 84 valence electrons. The average molecular weight is 272 g/mol. The van der Waals surface area contributed by atoms with Crippen LogP contribution in [0.15, 0.2) is 22.7 Å². The van der Waals surface area contributed by atoms with Crippen LogP contribution in [0.25, 0.3) is 0 Å². The van der Waals surface area contributed by atoms with Crippen LogP contribution in [0.4, 0.5) is 0 Å². The molecule has 0 radical (unpaired) electrons. The van der Waals surface area contributed by atoms with E-state index in [0.717, 1.165) is 28.6 Å². The topological polar surface area (TPSA) is 35.2 Å². The van der Waals surface area contributed by atoms with Gasteiger partial charge < -0.3 is 10.5 Å². The first-order valence-corrected chi connectivity index (χ1v) is 6.15. The highest BCUT2D eigenvalue weighted by Crippen LogP contribution is 2.24. The standard InChI is InChI=1S/C12H18BrNO/c1-3-11(4-2)15-12-6-5-10(13)7-9(12)8-14/h5-7,11H,3-4,8,14H2,1-2H3.